The molecule has 2 nitrogen and oxygen atoms in total. The lowest BCUT2D eigenvalue weighted by Gasteiger charge is -2.32. The van der Waals surface area contributed by atoms with Gasteiger partial charge < -0.3 is 10.5 Å². The number of hydrogen-bond donors (Lipinski definition) is 1. The molecule has 1 saturated heterocycles. The van der Waals surface area contributed by atoms with E-state index in [4.69, 9.17) is 10.5 Å². The molecular formula is C8H15NO. The van der Waals surface area contributed by atoms with Crippen molar-refractivity contribution in [1.82, 2.24) is 0 Å². The van der Waals surface area contributed by atoms with E-state index in [0.717, 1.165) is 18.9 Å². The van der Waals surface area contributed by atoms with E-state index in [1.54, 1.807) is 0 Å². The summed E-state index contributed by atoms with van der Waals surface area (Å²) < 4.78 is 5.54. The molecule has 2 rings (SSSR count). The van der Waals surface area contributed by atoms with Gasteiger partial charge >= 0.3 is 0 Å². The van der Waals surface area contributed by atoms with Crippen LogP contribution in [-0.4, -0.2) is 18.8 Å². The highest BCUT2D eigenvalue weighted by molar-refractivity contribution is 4.88. The van der Waals surface area contributed by atoms with Crippen LogP contribution in [0.2, 0.25) is 0 Å². The minimum absolute atomic E-state index is 0.338. The Labute approximate surface area is 61.7 Å². The van der Waals surface area contributed by atoms with Crippen molar-refractivity contribution in [2.45, 2.75) is 37.8 Å². The van der Waals surface area contributed by atoms with Gasteiger partial charge in [-0.3, -0.25) is 0 Å². The van der Waals surface area contributed by atoms with Gasteiger partial charge in [-0.25, -0.2) is 0 Å². The first-order valence-electron chi connectivity index (χ1n) is 4.25. The van der Waals surface area contributed by atoms with Crippen molar-refractivity contribution in [3.05, 3.63) is 0 Å². The lowest BCUT2D eigenvalue weighted by molar-refractivity contribution is 0.0241. The van der Waals surface area contributed by atoms with Crippen molar-refractivity contribution in [2.75, 3.05) is 6.61 Å². The molecule has 2 aliphatic rings. The van der Waals surface area contributed by atoms with Crippen LogP contribution in [0.4, 0.5) is 0 Å². The number of hydrogen-bond acceptors (Lipinski definition) is 2. The molecule has 0 spiro atoms. The zero-order valence-electron chi connectivity index (χ0n) is 6.25. The average molecular weight is 141 g/mol. The summed E-state index contributed by atoms with van der Waals surface area (Å²) in [6, 6.07) is 0.338. The lowest BCUT2D eigenvalue weighted by Crippen LogP contribution is -2.39. The summed E-state index contributed by atoms with van der Waals surface area (Å²) in [6.45, 7) is 0.891. The number of nitrogens with two attached hydrogens (primary N) is 1. The fourth-order valence-corrected chi connectivity index (χ4v) is 1.88. The third-order valence-corrected chi connectivity index (χ3v) is 2.80. The maximum atomic E-state index is 5.86. The summed E-state index contributed by atoms with van der Waals surface area (Å²) in [4.78, 5) is 0. The Bertz CT molecular complexity index is 122. The summed E-state index contributed by atoms with van der Waals surface area (Å²) in [5.41, 5.74) is 5.86. The molecule has 0 bridgehead atoms. The van der Waals surface area contributed by atoms with E-state index < -0.39 is 0 Å². The van der Waals surface area contributed by atoms with Crippen LogP contribution < -0.4 is 5.73 Å². The van der Waals surface area contributed by atoms with Gasteiger partial charge in [-0.05, 0) is 25.2 Å². The van der Waals surface area contributed by atoms with E-state index in [1.165, 1.54) is 19.3 Å². The maximum absolute atomic E-state index is 5.86. The molecule has 0 radical (unpaired) electrons. The summed E-state index contributed by atoms with van der Waals surface area (Å²) in [5.74, 6) is 0.803. The minimum Gasteiger partial charge on any atom is -0.376 e. The van der Waals surface area contributed by atoms with Crippen LogP contribution in [0.15, 0.2) is 0 Å². The van der Waals surface area contributed by atoms with E-state index in [-0.39, 0.29) is 0 Å². The van der Waals surface area contributed by atoms with E-state index in [0.29, 0.717) is 12.1 Å². The van der Waals surface area contributed by atoms with Crippen LogP contribution in [-0.2, 0) is 4.74 Å². The molecule has 0 aromatic carbocycles. The molecule has 10 heavy (non-hydrogen) atoms. The van der Waals surface area contributed by atoms with Crippen LogP contribution >= 0.6 is 0 Å². The smallest absolute Gasteiger partial charge is 0.0754 e. The maximum Gasteiger partial charge on any atom is 0.0754 e. The molecule has 1 aliphatic heterocycles. The van der Waals surface area contributed by atoms with Gasteiger partial charge in [-0.1, -0.05) is 6.42 Å². The SMILES string of the molecule is NC1CCOC1C1CCC1. The molecule has 2 heteroatoms. The predicted molar refractivity (Wildman–Crippen MR) is 39.7 cm³/mol. The monoisotopic (exact) mass is 141 g/mol. The van der Waals surface area contributed by atoms with Crippen molar-refractivity contribution < 1.29 is 4.74 Å². The van der Waals surface area contributed by atoms with Gasteiger partial charge in [-0.2, -0.15) is 0 Å². The van der Waals surface area contributed by atoms with Crippen molar-refractivity contribution in [1.29, 1.82) is 0 Å². The van der Waals surface area contributed by atoms with Gasteiger partial charge in [0.25, 0.3) is 0 Å². The van der Waals surface area contributed by atoms with Gasteiger partial charge in [-0.15, -0.1) is 0 Å². The lowest BCUT2D eigenvalue weighted by atomic mass is 9.79. The van der Waals surface area contributed by atoms with Gasteiger partial charge in [0.15, 0.2) is 0 Å². The number of ether oxygens (including phenoxy) is 1. The van der Waals surface area contributed by atoms with E-state index in [1.807, 2.05) is 0 Å². The first-order chi connectivity index (χ1) is 4.88. The molecule has 2 unspecified atom stereocenters. The van der Waals surface area contributed by atoms with Gasteiger partial charge in [0.2, 0.25) is 0 Å². The summed E-state index contributed by atoms with van der Waals surface area (Å²) in [7, 11) is 0. The Kier molecular flexibility index (Phi) is 1.66. The Hall–Kier alpha value is -0.0800. The Morgan fingerprint density at radius 2 is 2.00 bits per heavy atom. The molecule has 58 valence electrons. The molecule has 0 aromatic heterocycles. The first kappa shape index (κ1) is 6.62. The second-order valence-corrected chi connectivity index (χ2v) is 3.48. The van der Waals surface area contributed by atoms with Gasteiger partial charge in [0.05, 0.1) is 6.10 Å². The second-order valence-electron chi connectivity index (χ2n) is 3.48. The van der Waals surface area contributed by atoms with E-state index in [2.05, 4.69) is 0 Å². The topological polar surface area (TPSA) is 35.2 Å². The zero-order valence-corrected chi connectivity index (χ0v) is 6.25. The molecular weight excluding hydrogens is 126 g/mol. The highest BCUT2D eigenvalue weighted by Gasteiger charge is 2.35. The van der Waals surface area contributed by atoms with Gasteiger partial charge in [0.1, 0.15) is 0 Å². The first-order valence-corrected chi connectivity index (χ1v) is 4.25. The molecule has 2 N–H and O–H groups in total. The van der Waals surface area contributed by atoms with Crippen LogP contribution in [0, 0.1) is 5.92 Å². The largest absolute Gasteiger partial charge is 0.376 e. The summed E-state index contributed by atoms with van der Waals surface area (Å²) >= 11 is 0. The van der Waals surface area contributed by atoms with E-state index in [9.17, 15) is 0 Å². The van der Waals surface area contributed by atoms with Crippen molar-refractivity contribution in [3.63, 3.8) is 0 Å². The van der Waals surface area contributed by atoms with Crippen LogP contribution in [0.3, 0.4) is 0 Å². The molecule has 0 amide bonds. The minimum atomic E-state index is 0.338. The van der Waals surface area contributed by atoms with E-state index >= 15 is 0 Å². The quantitative estimate of drug-likeness (QED) is 0.589. The summed E-state index contributed by atoms with van der Waals surface area (Å²) in [5, 5.41) is 0. The van der Waals surface area contributed by atoms with Crippen molar-refractivity contribution in [2.24, 2.45) is 11.7 Å². The van der Waals surface area contributed by atoms with Crippen LogP contribution in [0.1, 0.15) is 25.7 Å². The third kappa shape index (κ3) is 0.956. The van der Waals surface area contributed by atoms with Crippen molar-refractivity contribution >= 4 is 0 Å². The molecule has 1 aliphatic carbocycles. The predicted octanol–water partition coefficient (Wildman–Crippen LogP) is 0.903. The van der Waals surface area contributed by atoms with Crippen LogP contribution in [0.5, 0.6) is 0 Å². The molecule has 2 atom stereocenters. The Morgan fingerprint density at radius 1 is 1.20 bits per heavy atom. The number of rotatable bonds is 1. The third-order valence-electron chi connectivity index (χ3n) is 2.80. The average Bonchev–Trinajstić information content (AvgIpc) is 2.12. The zero-order chi connectivity index (χ0) is 6.97. The Morgan fingerprint density at radius 3 is 2.40 bits per heavy atom. The highest BCUT2D eigenvalue weighted by Crippen LogP contribution is 2.34. The normalized spacial score (nSPS) is 41.7. The Balaban J connectivity index is 1.90. The molecule has 1 saturated carbocycles. The standard InChI is InChI=1S/C8H15NO/c9-7-4-5-10-8(7)6-2-1-3-6/h6-8H,1-5,9H2. The van der Waals surface area contributed by atoms with Crippen molar-refractivity contribution in [3.8, 4) is 0 Å². The fraction of sp³-hybridized carbons (Fsp3) is 1.00. The highest BCUT2D eigenvalue weighted by atomic mass is 16.5. The molecule has 2 fully saturated rings. The molecule has 1 heterocycles. The fourth-order valence-electron chi connectivity index (χ4n) is 1.88. The van der Waals surface area contributed by atoms with Gasteiger partial charge in [0, 0.05) is 12.6 Å². The summed E-state index contributed by atoms with van der Waals surface area (Å²) in [6.07, 6.45) is 5.56. The molecule has 0 aromatic rings. The van der Waals surface area contributed by atoms with Crippen LogP contribution in [0.25, 0.3) is 0 Å². The second kappa shape index (κ2) is 2.51.